The van der Waals surface area contributed by atoms with Gasteiger partial charge in [0.15, 0.2) is 0 Å². The van der Waals surface area contributed by atoms with Gasteiger partial charge in [-0.2, -0.15) is 0 Å². The summed E-state index contributed by atoms with van der Waals surface area (Å²) in [6.45, 7) is 7.64. The zero-order valence-electron chi connectivity index (χ0n) is 15.9. The molecule has 6 heteroatoms. The standard InChI is InChI=1S/C20H28N2O4/c1-4-26-20(25)17-7-9-18(10-8-17)22(16(3)23)13-11-19(24)21-12-5-6-15(2)14-21/h7-10,15H,4-6,11-14H2,1-3H3. The van der Waals surface area contributed by atoms with Gasteiger partial charge in [-0.05, 0) is 49.9 Å². The number of benzene rings is 1. The molecule has 6 nitrogen and oxygen atoms in total. The minimum Gasteiger partial charge on any atom is -0.462 e. The van der Waals surface area contributed by atoms with Gasteiger partial charge < -0.3 is 14.5 Å². The van der Waals surface area contributed by atoms with Gasteiger partial charge in [-0.3, -0.25) is 9.59 Å². The van der Waals surface area contributed by atoms with Crippen molar-refractivity contribution in [1.29, 1.82) is 0 Å². The zero-order valence-corrected chi connectivity index (χ0v) is 15.9. The number of likely N-dealkylation sites (tertiary alicyclic amines) is 1. The molecule has 1 aliphatic heterocycles. The SMILES string of the molecule is CCOC(=O)c1ccc(N(CCC(=O)N2CCCC(C)C2)C(C)=O)cc1. The monoisotopic (exact) mass is 360 g/mol. The van der Waals surface area contributed by atoms with Crippen LogP contribution in [0.25, 0.3) is 0 Å². The van der Waals surface area contributed by atoms with Gasteiger partial charge in [0.25, 0.3) is 0 Å². The fourth-order valence-corrected chi connectivity index (χ4v) is 3.24. The second-order valence-electron chi connectivity index (χ2n) is 6.78. The Kier molecular flexibility index (Phi) is 7.18. The van der Waals surface area contributed by atoms with E-state index in [1.54, 1.807) is 36.1 Å². The summed E-state index contributed by atoms with van der Waals surface area (Å²) in [6.07, 6.45) is 2.50. The largest absolute Gasteiger partial charge is 0.462 e. The number of hydrogen-bond acceptors (Lipinski definition) is 4. The number of anilines is 1. The van der Waals surface area contributed by atoms with Crippen molar-refractivity contribution < 1.29 is 19.1 Å². The van der Waals surface area contributed by atoms with E-state index < -0.39 is 0 Å². The van der Waals surface area contributed by atoms with Crippen LogP contribution in [0, 0.1) is 5.92 Å². The topological polar surface area (TPSA) is 66.9 Å². The maximum Gasteiger partial charge on any atom is 0.338 e. The number of carbonyl (C=O) groups is 3. The average molecular weight is 360 g/mol. The molecule has 0 aromatic heterocycles. The van der Waals surface area contributed by atoms with Crippen molar-refractivity contribution in [3.8, 4) is 0 Å². The first-order chi connectivity index (χ1) is 12.4. The van der Waals surface area contributed by atoms with E-state index in [-0.39, 0.29) is 17.8 Å². The first-order valence-electron chi connectivity index (χ1n) is 9.25. The Balaban J connectivity index is 1.99. The van der Waals surface area contributed by atoms with Crippen molar-refractivity contribution in [2.45, 2.75) is 40.0 Å². The van der Waals surface area contributed by atoms with Crippen molar-refractivity contribution >= 4 is 23.5 Å². The molecule has 0 bridgehead atoms. The molecule has 2 rings (SSSR count). The average Bonchev–Trinajstić information content (AvgIpc) is 2.62. The molecule has 0 radical (unpaired) electrons. The van der Waals surface area contributed by atoms with E-state index in [9.17, 15) is 14.4 Å². The molecule has 1 aromatic carbocycles. The number of hydrogen-bond donors (Lipinski definition) is 0. The van der Waals surface area contributed by atoms with Gasteiger partial charge in [0.1, 0.15) is 0 Å². The lowest BCUT2D eigenvalue weighted by atomic mass is 10.00. The Bertz CT molecular complexity index is 642. The molecule has 0 aliphatic carbocycles. The van der Waals surface area contributed by atoms with E-state index in [1.165, 1.54) is 6.92 Å². The quantitative estimate of drug-likeness (QED) is 0.732. The molecule has 1 fully saturated rings. The summed E-state index contributed by atoms with van der Waals surface area (Å²) in [4.78, 5) is 39.7. The second kappa shape index (κ2) is 9.36. The molecule has 142 valence electrons. The number of ether oxygens (including phenoxy) is 1. The predicted octanol–water partition coefficient (Wildman–Crippen LogP) is 2.86. The molecule has 26 heavy (non-hydrogen) atoms. The normalized spacial score (nSPS) is 16.9. The van der Waals surface area contributed by atoms with Crippen molar-refractivity contribution in [2.24, 2.45) is 5.92 Å². The number of carbonyl (C=O) groups excluding carboxylic acids is 3. The van der Waals surface area contributed by atoms with Crippen LogP contribution in [0.4, 0.5) is 5.69 Å². The molecule has 0 N–H and O–H groups in total. The molecule has 1 atom stereocenters. The van der Waals surface area contributed by atoms with Crippen molar-refractivity contribution in [3.05, 3.63) is 29.8 Å². The number of rotatable bonds is 6. The molecule has 0 saturated carbocycles. The van der Waals surface area contributed by atoms with Gasteiger partial charge in [-0.1, -0.05) is 6.92 Å². The highest BCUT2D eigenvalue weighted by molar-refractivity contribution is 5.94. The van der Waals surface area contributed by atoms with Crippen LogP contribution in [0.5, 0.6) is 0 Å². The van der Waals surface area contributed by atoms with Crippen LogP contribution in [0.3, 0.4) is 0 Å². The number of nitrogens with zero attached hydrogens (tertiary/aromatic N) is 2. The number of esters is 1. The summed E-state index contributed by atoms with van der Waals surface area (Å²) in [7, 11) is 0. The molecule has 1 unspecified atom stereocenters. The molecule has 2 amide bonds. The molecule has 1 heterocycles. The van der Waals surface area contributed by atoms with Gasteiger partial charge in [0, 0.05) is 38.7 Å². The first-order valence-corrected chi connectivity index (χ1v) is 9.25. The highest BCUT2D eigenvalue weighted by Crippen LogP contribution is 2.19. The summed E-state index contributed by atoms with van der Waals surface area (Å²) in [5.41, 5.74) is 1.11. The van der Waals surface area contributed by atoms with Crippen LogP contribution in [0.1, 0.15) is 50.4 Å². The zero-order chi connectivity index (χ0) is 19.1. The minimum absolute atomic E-state index is 0.0888. The minimum atomic E-state index is -0.386. The van der Waals surface area contributed by atoms with Gasteiger partial charge >= 0.3 is 5.97 Å². The highest BCUT2D eigenvalue weighted by atomic mass is 16.5. The third-order valence-electron chi connectivity index (χ3n) is 4.63. The van der Waals surface area contributed by atoms with Gasteiger partial charge in [-0.15, -0.1) is 0 Å². The number of amides is 2. The van der Waals surface area contributed by atoms with Gasteiger partial charge in [-0.25, -0.2) is 4.79 Å². The summed E-state index contributed by atoms with van der Waals surface area (Å²) in [5.74, 6) is 0.106. The third kappa shape index (κ3) is 5.31. The summed E-state index contributed by atoms with van der Waals surface area (Å²) >= 11 is 0. The molecular weight excluding hydrogens is 332 g/mol. The fraction of sp³-hybridized carbons (Fsp3) is 0.550. The van der Waals surface area contributed by atoms with E-state index >= 15 is 0 Å². The van der Waals surface area contributed by atoms with E-state index in [0.29, 0.717) is 36.7 Å². The van der Waals surface area contributed by atoms with Crippen LogP contribution in [-0.2, 0) is 14.3 Å². The first kappa shape index (κ1) is 19.9. The highest BCUT2D eigenvalue weighted by Gasteiger charge is 2.22. The van der Waals surface area contributed by atoms with Crippen LogP contribution < -0.4 is 4.90 Å². The van der Waals surface area contributed by atoms with E-state index in [4.69, 9.17) is 4.74 Å². The molecule has 1 aliphatic rings. The van der Waals surface area contributed by atoms with Crippen LogP contribution >= 0.6 is 0 Å². The Morgan fingerprint density at radius 3 is 2.50 bits per heavy atom. The van der Waals surface area contributed by atoms with E-state index in [0.717, 1.165) is 25.9 Å². The predicted molar refractivity (Wildman–Crippen MR) is 100 cm³/mol. The van der Waals surface area contributed by atoms with Crippen molar-refractivity contribution in [2.75, 3.05) is 31.1 Å². The van der Waals surface area contributed by atoms with Gasteiger partial charge in [0.05, 0.1) is 12.2 Å². The maximum absolute atomic E-state index is 12.4. The van der Waals surface area contributed by atoms with Gasteiger partial charge in [0.2, 0.25) is 11.8 Å². The summed E-state index contributed by atoms with van der Waals surface area (Å²) < 4.78 is 4.96. The van der Waals surface area contributed by atoms with Crippen LogP contribution in [0.15, 0.2) is 24.3 Å². The lowest BCUT2D eigenvalue weighted by molar-refractivity contribution is -0.132. The van der Waals surface area contributed by atoms with Crippen LogP contribution in [0.2, 0.25) is 0 Å². The summed E-state index contributed by atoms with van der Waals surface area (Å²) in [5, 5.41) is 0. The Labute approximate surface area is 155 Å². The molecule has 1 saturated heterocycles. The lowest BCUT2D eigenvalue weighted by Gasteiger charge is -2.31. The lowest BCUT2D eigenvalue weighted by Crippen LogP contribution is -2.41. The third-order valence-corrected chi connectivity index (χ3v) is 4.63. The van der Waals surface area contributed by atoms with E-state index in [2.05, 4.69) is 6.92 Å². The molecule has 1 aromatic rings. The maximum atomic E-state index is 12.4. The molecule has 0 spiro atoms. The summed E-state index contributed by atoms with van der Waals surface area (Å²) in [6, 6.07) is 6.69. The Hall–Kier alpha value is -2.37. The van der Waals surface area contributed by atoms with E-state index in [1.807, 2.05) is 4.90 Å². The number of piperidine rings is 1. The van der Waals surface area contributed by atoms with Crippen molar-refractivity contribution in [3.63, 3.8) is 0 Å². The Morgan fingerprint density at radius 1 is 1.23 bits per heavy atom. The second-order valence-corrected chi connectivity index (χ2v) is 6.78. The van der Waals surface area contributed by atoms with Crippen LogP contribution in [-0.4, -0.2) is 48.9 Å². The van der Waals surface area contributed by atoms with Crippen molar-refractivity contribution in [1.82, 2.24) is 4.90 Å². The fourth-order valence-electron chi connectivity index (χ4n) is 3.24. The Morgan fingerprint density at radius 2 is 1.92 bits per heavy atom. The molecular formula is C20H28N2O4. The smallest absolute Gasteiger partial charge is 0.338 e.